The molecular weight excluding hydrogens is 403 g/mol. The van der Waals surface area contributed by atoms with Crippen LogP contribution in [0.3, 0.4) is 0 Å². The molecule has 0 amide bonds. The molecule has 0 bridgehead atoms. The van der Waals surface area contributed by atoms with Gasteiger partial charge in [-0.05, 0) is 60.5 Å². The van der Waals surface area contributed by atoms with Gasteiger partial charge in [0.2, 0.25) is 0 Å². The van der Waals surface area contributed by atoms with E-state index in [4.69, 9.17) is 4.98 Å². The zero-order chi connectivity index (χ0) is 15.6. The predicted molar refractivity (Wildman–Crippen MR) is 104 cm³/mol. The van der Waals surface area contributed by atoms with E-state index in [-0.39, 0.29) is 3.55 Å². The third-order valence-corrected chi connectivity index (χ3v) is 6.90. The highest BCUT2D eigenvalue weighted by molar-refractivity contribution is 14.1. The van der Waals surface area contributed by atoms with Gasteiger partial charge in [0.1, 0.15) is 8.55 Å². The number of alkyl halides is 1. The number of benzene rings is 2. The zero-order valence-electron chi connectivity index (χ0n) is 12.5. The van der Waals surface area contributed by atoms with Gasteiger partial charge in [0.25, 0.3) is 0 Å². The van der Waals surface area contributed by atoms with E-state index in [1.54, 1.807) is 11.3 Å². The minimum absolute atomic E-state index is 0.253. The highest BCUT2D eigenvalue weighted by Gasteiger charge is 2.32. The largest absolute Gasteiger partial charge is 0.286 e. The van der Waals surface area contributed by atoms with Gasteiger partial charge < -0.3 is 0 Å². The van der Waals surface area contributed by atoms with Gasteiger partial charge in [0, 0.05) is 0 Å². The van der Waals surface area contributed by atoms with E-state index in [0.29, 0.717) is 0 Å². The summed E-state index contributed by atoms with van der Waals surface area (Å²) in [5.74, 6) is 0. The third-order valence-electron chi connectivity index (χ3n) is 3.54. The number of rotatable bonds is 4. The summed E-state index contributed by atoms with van der Waals surface area (Å²) in [7, 11) is 4.18. The van der Waals surface area contributed by atoms with Crippen LogP contribution in [0.25, 0.3) is 16.3 Å². The van der Waals surface area contributed by atoms with Crippen LogP contribution < -0.4 is 0 Å². The number of aromatic nitrogens is 1. The molecule has 4 heteroatoms. The lowest BCUT2D eigenvalue weighted by Gasteiger charge is -2.29. The van der Waals surface area contributed by atoms with Crippen molar-refractivity contribution in [3.8, 4) is 0 Å². The maximum atomic E-state index is 4.84. The van der Waals surface area contributed by atoms with Crippen molar-refractivity contribution in [3.63, 3.8) is 0 Å². The van der Waals surface area contributed by atoms with E-state index >= 15 is 0 Å². The summed E-state index contributed by atoms with van der Waals surface area (Å²) in [6.07, 6.45) is 4.39. The van der Waals surface area contributed by atoms with E-state index < -0.39 is 0 Å². The fourth-order valence-electron chi connectivity index (χ4n) is 2.20. The van der Waals surface area contributed by atoms with Crippen LogP contribution in [0.1, 0.15) is 10.6 Å². The molecule has 2 aromatic carbocycles. The van der Waals surface area contributed by atoms with Gasteiger partial charge >= 0.3 is 0 Å². The first kappa shape index (κ1) is 15.6. The molecule has 0 aliphatic heterocycles. The number of hydrogen-bond acceptors (Lipinski definition) is 3. The molecule has 0 N–H and O–H groups in total. The van der Waals surface area contributed by atoms with Gasteiger partial charge in [-0.2, -0.15) is 0 Å². The molecule has 0 aliphatic carbocycles. The topological polar surface area (TPSA) is 16.1 Å². The van der Waals surface area contributed by atoms with E-state index in [1.807, 2.05) is 12.1 Å². The van der Waals surface area contributed by atoms with Crippen LogP contribution in [0.15, 0.2) is 60.7 Å². The minimum Gasteiger partial charge on any atom is -0.286 e. The highest BCUT2D eigenvalue weighted by atomic mass is 127. The molecule has 1 unspecified atom stereocenters. The Hall–Kier alpha value is -1.24. The average molecular weight is 420 g/mol. The fourth-order valence-corrected chi connectivity index (χ4v) is 3.95. The molecule has 1 aromatic heterocycles. The lowest BCUT2D eigenvalue weighted by atomic mass is 10.1. The average Bonchev–Trinajstić information content (AvgIpc) is 2.98. The Bertz CT molecular complexity index is 762. The smallest absolute Gasteiger partial charge is 0.144 e. The zero-order valence-corrected chi connectivity index (χ0v) is 15.5. The molecule has 112 valence electrons. The summed E-state index contributed by atoms with van der Waals surface area (Å²) in [6, 6.07) is 18.7. The molecule has 0 saturated heterocycles. The second kappa shape index (κ2) is 6.48. The van der Waals surface area contributed by atoms with Crippen molar-refractivity contribution >= 4 is 50.2 Å². The third kappa shape index (κ3) is 3.09. The van der Waals surface area contributed by atoms with E-state index in [2.05, 4.69) is 96.2 Å². The molecule has 0 fully saturated rings. The quantitative estimate of drug-likeness (QED) is 0.329. The van der Waals surface area contributed by atoms with E-state index in [0.717, 1.165) is 10.5 Å². The summed E-state index contributed by atoms with van der Waals surface area (Å²) in [4.78, 5) is 7.04. The normalized spacial score (nSPS) is 14.7. The molecule has 0 radical (unpaired) electrons. The fraction of sp³-hybridized carbons (Fsp3) is 0.167. The Morgan fingerprint density at radius 2 is 1.73 bits per heavy atom. The molecule has 1 atom stereocenters. The van der Waals surface area contributed by atoms with Crippen molar-refractivity contribution in [1.29, 1.82) is 0 Å². The maximum absolute atomic E-state index is 4.84. The monoisotopic (exact) mass is 420 g/mol. The lowest BCUT2D eigenvalue weighted by Crippen LogP contribution is -2.33. The molecule has 0 saturated carbocycles. The Morgan fingerprint density at radius 1 is 1.05 bits per heavy atom. The Morgan fingerprint density at radius 3 is 2.41 bits per heavy atom. The molecule has 3 rings (SSSR count). The summed E-state index contributed by atoms with van der Waals surface area (Å²) in [6.45, 7) is 0. The number of halogens is 1. The first-order valence-corrected chi connectivity index (χ1v) is 8.96. The summed E-state index contributed by atoms with van der Waals surface area (Å²) >= 11 is 4.24. The van der Waals surface area contributed by atoms with Crippen LogP contribution in [0.5, 0.6) is 0 Å². The second-order valence-corrected chi connectivity index (χ2v) is 7.97. The number of fused-ring (bicyclic) bond motifs is 1. The number of hydrogen-bond donors (Lipinski definition) is 0. The van der Waals surface area contributed by atoms with Crippen LogP contribution in [0.2, 0.25) is 0 Å². The highest BCUT2D eigenvalue weighted by Crippen LogP contribution is 2.40. The molecule has 1 heterocycles. The number of likely N-dealkylation sites (N-methyl/N-ethyl adjacent to an activating group) is 1. The van der Waals surface area contributed by atoms with Crippen LogP contribution in [-0.2, 0) is 3.55 Å². The van der Waals surface area contributed by atoms with Crippen molar-refractivity contribution in [2.45, 2.75) is 3.55 Å². The van der Waals surface area contributed by atoms with Gasteiger partial charge in [-0.15, -0.1) is 11.3 Å². The predicted octanol–water partition coefficient (Wildman–Crippen LogP) is 5.16. The lowest BCUT2D eigenvalue weighted by molar-refractivity contribution is 0.333. The van der Waals surface area contributed by atoms with E-state index in [1.165, 1.54) is 10.3 Å². The molecule has 22 heavy (non-hydrogen) atoms. The molecule has 0 spiro atoms. The maximum Gasteiger partial charge on any atom is 0.144 e. The van der Waals surface area contributed by atoms with Crippen LogP contribution in [0.4, 0.5) is 0 Å². The minimum atomic E-state index is -0.253. The van der Waals surface area contributed by atoms with Crippen molar-refractivity contribution in [1.82, 2.24) is 9.88 Å². The van der Waals surface area contributed by atoms with Crippen LogP contribution in [0, 0.1) is 0 Å². The summed E-state index contributed by atoms with van der Waals surface area (Å²) < 4.78 is 0.977. The first-order valence-electron chi connectivity index (χ1n) is 7.06. The Balaban J connectivity index is 2.02. The molecule has 3 aromatic rings. The Kier molecular flexibility index (Phi) is 4.61. The van der Waals surface area contributed by atoms with Gasteiger partial charge in [0.15, 0.2) is 0 Å². The standard InChI is InChI=1S/C18H17IN2S/c1-21(2)18(19,13-12-14-8-4-3-5-9-14)17-20-15-10-6-7-11-16(15)22-17/h3-13H,1-2H3/b13-12+. The summed E-state index contributed by atoms with van der Waals surface area (Å²) in [5.41, 5.74) is 2.27. The van der Waals surface area contributed by atoms with Crippen molar-refractivity contribution in [2.24, 2.45) is 0 Å². The number of thiazole rings is 1. The molecule has 0 aliphatic rings. The van der Waals surface area contributed by atoms with Crippen molar-refractivity contribution in [3.05, 3.63) is 71.2 Å². The van der Waals surface area contributed by atoms with Gasteiger partial charge in [-0.1, -0.05) is 48.5 Å². The summed E-state index contributed by atoms with van der Waals surface area (Å²) in [5, 5.41) is 1.10. The van der Waals surface area contributed by atoms with Gasteiger partial charge in [-0.25, -0.2) is 4.98 Å². The van der Waals surface area contributed by atoms with Crippen LogP contribution in [-0.4, -0.2) is 24.0 Å². The second-order valence-electron chi connectivity index (χ2n) is 5.30. The van der Waals surface area contributed by atoms with Gasteiger partial charge in [-0.3, -0.25) is 4.90 Å². The number of para-hydroxylation sites is 1. The van der Waals surface area contributed by atoms with E-state index in [9.17, 15) is 0 Å². The molecule has 2 nitrogen and oxygen atoms in total. The SMILES string of the molecule is CN(C)C(I)(/C=C/c1ccccc1)c1nc2ccccc2s1. The Labute approximate surface area is 148 Å². The van der Waals surface area contributed by atoms with Crippen molar-refractivity contribution in [2.75, 3.05) is 14.1 Å². The molecular formula is C18H17IN2S. The van der Waals surface area contributed by atoms with Crippen molar-refractivity contribution < 1.29 is 0 Å². The number of nitrogens with zero attached hydrogens (tertiary/aromatic N) is 2. The van der Waals surface area contributed by atoms with Gasteiger partial charge in [0.05, 0.1) is 10.2 Å². The van der Waals surface area contributed by atoms with Crippen LogP contribution >= 0.6 is 33.9 Å². The first-order chi connectivity index (χ1) is 10.6.